The Hall–Kier alpha value is -2.47. The van der Waals surface area contributed by atoms with Crippen molar-refractivity contribution >= 4 is 23.6 Å². The van der Waals surface area contributed by atoms with E-state index in [1.54, 1.807) is 7.11 Å². The Labute approximate surface area is 163 Å². The van der Waals surface area contributed by atoms with Crippen LogP contribution in [0.15, 0.2) is 53.4 Å². The van der Waals surface area contributed by atoms with E-state index < -0.39 is 0 Å². The van der Waals surface area contributed by atoms with Crippen molar-refractivity contribution in [3.63, 3.8) is 0 Å². The lowest BCUT2D eigenvalue weighted by atomic mass is 10.0. The number of carbonyl (C=O) groups excluding carboxylic acids is 2. The summed E-state index contributed by atoms with van der Waals surface area (Å²) in [6.07, 6.45) is 1.10. The number of hydrogen-bond donors (Lipinski definition) is 2. The number of amides is 2. The van der Waals surface area contributed by atoms with Crippen molar-refractivity contribution in [2.75, 3.05) is 12.9 Å². The number of ether oxygens (including phenoxy) is 1. The van der Waals surface area contributed by atoms with E-state index in [2.05, 4.69) is 22.8 Å². The minimum Gasteiger partial charge on any atom is -0.497 e. The largest absolute Gasteiger partial charge is 0.497 e. The van der Waals surface area contributed by atoms with Gasteiger partial charge in [-0.25, -0.2) is 0 Å². The van der Waals surface area contributed by atoms with Crippen molar-refractivity contribution in [1.82, 2.24) is 10.6 Å². The molecule has 2 atom stereocenters. The van der Waals surface area contributed by atoms with Crippen LogP contribution >= 0.6 is 11.8 Å². The van der Waals surface area contributed by atoms with Gasteiger partial charge in [0, 0.05) is 17.6 Å². The molecule has 2 N–H and O–H groups in total. The topological polar surface area (TPSA) is 67.4 Å². The summed E-state index contributed by atoms with van der Waals surface area (Å²) in [6.45, 7) is 1.46. The summed E-state index contributed by atoms with van der Waals surface area (Å²) in [7, 11) is 1.61. The van der Waals surface area contributed by atoms with E-state index in [0.29, 0.717) is 0 Å². The molecule has 1 aliphatic heterocycles. The molecular formula is C21H24N2O3S. The van der Waals surface area contributed by atoms with Gasteiger partial charge >= 0.3 is 0 Å². The highest BCUT2D eigenvalue weighted by molar-refractivity contribution is 7.99. The summed E-state index contributed by atoms with van der Waals surface area (Å²) in [5.74, 6) is 1.48. The Morgan fingerprint density at radius 2 is 1.93 bits per heavy atom. The highest BCUT2D eigenvalue weighted by Gasteiger charge is 2.24. The molecule has 2 amide bonds. The van der Waals surface area contributed by atoms with Crippen LogP contribution < -0.4 is 15.4 Å². The van der Waals surface area contributed by atoms with Gasteiger partial charge in [-0.3, -0.25) is 9.59 Å². The van der Waals surface area contributed by atoms with E-state index in [-0.39, 0.29) is 30.3 Å². The zero-order chi connectivity index (χ0) is 19.2. The predicted molar refractivity (Wildman–Crippen MR) is 107 cm³/mol. The Morgan fingerprint density at radius 1 is 1.19 bits per heavy atom. The molecule has 5 nitrogen and oxygen atoms in total. The first-order valence-corrected chi connectivity index (χ1v) is 9.97. The molecule has 0 spiro atoms. The van der Waals surface area contributed by atoms with Crippen molar-refractivity contribution in [3.8, 4) is 5.75 Å². The average molecular weight is 385 g/mol. The summed E-state index contributed by atoms with van der Waals surface area (Å²) in [6, 6.07) is 15.2. The molecular weight excluding hydrogens is 360 g/mol. The van der Waals surface area contributed by atoms with Crippen LogP contribution in [0, 0.1) is 0 Å². The minimum absolute atomic E-state index is 0.0174. The summed E-state index contributed by atoms with van der Waals surface area (Å²) in [5.41, 5.74) is 2.04. The Bertz CT molecular complexity index is 807. The Balaban J connectivity index is 1.70. The number of rotatable bonds is 6. The van der Waals surface area contributed by atoms with Crippen LogP contribution in [0.4, 0.5) is 0 Å². The average Bonchev–Trinajstić information content (AvgIpc) is 2.67. The fourth-order valence-corrected chi connectivity index (χ4v) is 4.39. The summed E-state index contributed by atoms with van der Waals surface area (Å²) < 4.78 is 5.18. The zero-order valence-corrected chi connectivity index (χ0v) is 16.3. The first-order chi connectivity index (χ1) is 13.1. The molecule has 0 saturated heterocycles. The number of carbonyl (C=O) groups is 2. The molecule has 0 radical (unpaired) electrons. The van der Waals surface area contributed by atoms with Crippen LogP contribution in [-0.4, -0.2) is 24.7 Å². The second-order valence-electron chi connectivity index (χ2n) is 6.53. The third-order valence-corrected chi connectivity index (χ3v) is 5.70. The molecule has 6 heteroatoms. The third kappa shape index (κ3) is 5.04. The van der Waals surface area contributed by atoms with Crippen LogP contribution in [0.2, 0.25) is 0 Å². The van der Waals surface area contributed by atoms with Gasteiger partial charge in [0.25, 0.3) is 0 Å². The molecule has 3 rings (SSSR count). The zero-order valence-electron chi connectivity index (χ0n) is 15.5. The first kappa shape index (κ1) is 19.3. The van der Waals surface area contributed by atoms with Crippen LogP contribution in [0.5, 0.6) is 5.75 Å². The van der Waals surface area contributed by atoms with E-state index in [0.717, 1.165) is 23.5 Å². The van der Waals surface area contributed by atoms with Gasteiger partial charge in [0.1, 0.15) is 5.75 Å². The molecule has 0 fully saturated rings. The Kier molecular flexibility index (Phi) is 6.40. The van der Waals surface area contributed by atoms with E-state index in [9.17, 15) is 9.59 Å². The summed E-state index contributed by atoms with van der Waals surface area (Å²) in [4.78, 5) is 25.6. The molecule has 27 heavy (non-hydrogen) atoms. The molecule has 0 aliphatic carbocycles. The quantitative estimate of drug-likeness (QED) is 0.798. The van der Waals surface area contributed by atoms with Crippen molar-refractivity contribution in [2.24, 2.45) is 0 Å². The minimum atomic E-state index is -0.374. The fourth-order valence-electron chi connectivity index (χ4n) is 3.26. The standard InChI is InChI=1S/C21H24N2O3S/c1-14(24)22-19(15-7-9-16(26-2)10-8-15)13-21(25)23-18-11-12-27-20-6-4-3-5-17(18)20/h3-10,18-19H,11-13H2,1-2H3,(H,22,24)(H,23,25)/t18-,19-/m0/s1. The van der Waals surface area contributed by atoms with Gasteiger partial charge < -0.3 is 15.4 Å². The number of methoxy groups -OCH3 is 1. The molecule has 0 saturated carbocycles. The molecule has 1 aliphatic rings. The monoisotopic (exact) mass is 384 g/mol. The summed E-state index contributed by atoms with van der Waals surface area (Å²) in [5, 5.41) is 6.02. The first-order valence-electron chi connectivity index (χ1n) is 8.99. The predicted octanol–water partition coefficient (Wildman–Crippen LogP) is 3.62. The number of thioether (sulfide) groups is 1. The second-order valence-corrected chi connectivity index (χ2v) is 7.66. The summed E-state index contributed by atoms with van der Waals surface area (Å²) >= 11 is 1.82. The van der Waals surface area contributed by atoms with Crippen molar-refractivity contribution < 1.29 is 14.3 Å². The maximum Gasteiger partial charge on any atom is 0.222 e. The van der Waals surface area contributed by atoms with Crippen molar-refractivity contribution in [2.45, 2.75) is 36.7 Å². The molecule has 1 heterocycles. The molecule has 0 unspecified atom stereocenters. The van der Waals surface area contributed by atoms with E-state index in [1.807, 2.05) is 48.2 Å². The Morgan fingerprint density at radius 3 is 2.63 bits per heavy atom. The third-order valence-electron chi connectivity index (χ3n) is 4.58. The molecule has 0 bridgehead atoms. The van der Waals surface area contributed by atoms with Gasteiger partial charge in [0.15, 0.2) is 0 Å². The van der Waals surface area contributed by atoms with Crippen LogP contribution in [0.3, 0.4) is 0 Å². The van der Waals surface area contributed by atoms with Gasteiger partial charge in [0.2, 0.25) is 11.8 Å². The van der Waals surface area contributed by atoms with Crippen molar-refractivity contribution in [1.29, 1.82) is 0 Å². The van der Waals surface area contributed by atoms with Gasteiger partial charge in [-0.2, -0.15) is 0 Å². The number of fused-ring (bicyclic) bond motifs is 1. The maximum absolute atomic E-state index is 12.7. The van der Waals surface area contributed by atoms with Crippen LogP contribution in [0.1, 0.15) is 43.0 Å². The lowest BCUT2D eigenvalue weighted by Crippen LogP contribution is -2.35. The van der Waals surface area contributed by atoms with Crippen LogP contribution in [0.25, 0.3) is 0 Å². The lowest BCUT2D eigenvalue weighted by molar-refractivity contribution is -0.123. The van der Waals surface area contributed by atoms with Crippen LogP contribution in [-0.2, 0) is 9.59 Å². The smallest absolute Gasteiger partial charge is 0.222 e. The van der Waals surface area contributed by atoms with E-state index in [4.69, 9.17) is 4.74 Å². The highest BCUT2D eigenvalue weighted by Crippen LogP contribution is 2.36. The SMILES string of the molecule is COc1ccc([C@H](CC(=O)N[C@H]2CCSc3ccccc32)NC(C)=O)cc1. The molecule has 2 aromatic rings. The molecule has 2 aromatic carbocycles. The molecule has 0 aromatic heterocycles. The molecule has 142 valence electrons. The second kappa shape index (κ2) is 8.95. The van der Waals surface area contributed by atoms with Gasteiger partial charge in [-0.1, -0.05) is 30.3 Å². The lowest BCUT2D eigenvalue weighted by Gasteiger charge is -2.27. The van der Waals surface area contributed by atoms with E-state index in [1.165, 1.54) is 17.4 Å². The number of benzene rings is 2. The normalized spacial score (nSPS) is 16.7. The van der Waals surface area contributed by atoms with Crippen molar-refractivity contribution in [3.05, 3.63) is 59.7 Å². The van der Waals surface area contributed by atoms with E-state index >= 15 is 0 Å². The maximum atomic E-state index is 12.7. The van der Waals surface area contributed by atoms with Gasteiger partial charge in [-0.15, -0.1) is 11.8 Å². The number of nitrogens with one attached hydrogen (secondary N) is 2. The highest BCUT2D eigenvalue weighted by atomic mass is 32.2. The number of hydrogen-bond acceptors (Lipinski definition) is 4. The van der Waals surface area contributed by atoms with Gasteiger partial charge in [0.05, 0.1) is 25.6 Å². The fraction of sp³-hybridized carbons (Fsp3) is 0.333. The van der Waals surface area contributed by atoms with Gasteiger partial charge in [-0.05, 0) is 35.7 Å².